The Kier molecular flexibility index (Phi) is 4.42. The van der Waals surface area contributed by atoms with Crippen LogP contribution in [0, 0.1) is 0 Å². The van der Waals surface area contributed by atoms with Crippen molar-refractivity contribution in [3.8, 4) is 5.75 Å². The second-order valence-electron chi connectivity index (χ2n) is 3.92. The molecule has 2 aromatic carbocycles. The summed E-state index contributed by atoms with van der Waals surface area (Å²) in [4.78, 5) is 0. The van der Waals surface area contributed by atoms with E-state index >= 15 is 0 Å². The van der Waals surface area contributed by atoms with Crippen LogP contribution in [0.15, 0.2) is 60.7 Å². The first-order valence-corrected chi connectivity index (χ1v) is 5.98. The van der Waals surface area contributed by atoms with Gasteiger partial charge < -0.3 is 10.1 Å². The van der Waals surface area contributed by atoms with Gasteiger partial charge in [0.1, 0.15) is 5.75 Å². The average molecular weight is 239 g/mol. The number of methoxy groups -OCH3 is 1. The number of rotatable bonds is 5. The first-order chi connectivity index (χ1) is 8.88. The standard InChI is InChI=1S/C16H17NO/c1-18-16-11-9-15(10-12-16)17-13-5-8-14-6-3-2-4-7-14/h2-12,17H,13H2,1H3. The van der Waals surface area contributed by atoms with E-state index in [1.54, 1.807) is 7.11 Å². The summed E-state index contributed by atoms with van der Waals surface area (Å²) in [6.45, 7) is 0.807. The van der Waals surface area contributed by atoms with E-state index in [4.69, 9.17) is 4.74 Å². The number of ether oxygens (including phenoxy) is 1. The zero-order valence-corrected chi connectivity index (χ0v) is 10.5. The van der Waals surface area contributed by atoms with E-state index in [0.717, 1.165) is 18.0 Å². The molecule has 92 valence electrons. The quantitative estimate of drug-likeness (QED) is 0.856. The molecule has 0 radical (unpaired) electrons. The zero-order chi connectivity index (χ0) is 12.6. The van der Waals surface area contributed by atoms with E-state index in [1.807, 2.05) is 42.5 Å². The molecule has 0 bridgehead atoms. The van der Waals surface area contributed by atoms with E-state index in [9.17, 15) is 0 Å². The molecule has 0 aliphatic rings. The van der Waals surface area contributed by atoms with Crippen LogP contribution in [0.25, 0.3) is 6.08 Å². The van der Waals surface area contributed by atoms with Crippen LogP contribution in [-0.4, -0.2) is 13.7 Å². The molecule has 0 aliphatic heterocycles. The number of anilines is 1. The molecule has 1 N–H and O–H groups in total. The summed E-state index contributed by atoms with van der Waals surface area (Å²) in [5, 5.41) is 3.32. The normalized spacial score (nSPS) is 10.5. The van der Waals surface area contributed by atoms with Gasteiger partial charge in [0.25, 0.3) is 0 Å². The van der Waals surface area contributed by atoms with Crippen molar-refractivity contribution in [3.05, 3.63) is 66.2 Å². The summed E-state index contributed by atoms with van der Waals surface area (Å²) in [6.07, 6.45) is 4.22. The molecule has 2 nitrogen and oxygen atoms in total. The molecule has 0 unspecified atom stereocenters. The van der Waals surface area contributed by atoms with Crippen molar-refractivity contribution in [1.29, 1.82) is 0 Å². The smallest absolute Gasteiger partial charge is 0.119 e. The van der Waals surface area contributed by atoms with Gasteiger partial charge in [0.15, 0.2) is 0 Å². The van der Waals surface area contributed by atoms with E-state index in [1.165, 1.54) is 5.56 Å². The summed E-state index contributed by atoms with van der Waals surface area (Å²) in [5.41, 5.74) is 2.31. The lowest BCUT2D eigenvalue weighted by molar-refractivity contribution is 0.415. The highest BCUT2D eigenvalue weighted by Crippen LogP contribution is 2.14. The Hall–Kier alpha value is -2.22. The number of hydrogen-bond acceptors (Lipinski definition) is 2. The third-order valence-corrected chi connectivity index (χ3v) is 2.62. The van der Waals surface area contributed by atoms with Crippen LogP contribution < -0.4 is 10.1 Å². The first-order valence-electron chi connectivity index (χ1n) is 5.98. The molecule has 0 saturated carbocycles. The number of benzene rings is 2. The van der Waals surface area contributed by atoms with Gasteiger partial charge in [-0.25, -0.2) is 0 Å². The third kappa shape index (κ3) is 3.67. The Bertz CT molecular complexity index is 488. The molecular weight excluding hydrogens is 222 g/mol. The summed E-state index contributed by atoms with van der Waals surface area (Å²) in [7, 11) is 1.67. The van der Waals surface area contributed by atoms with Gasteiger partial charge in [0, 0.05) is 12.2 Å². The Morgan fingerprint density at radius 2 is 1.72 bits per heavy atom. The molecule has 0 spiro atoms. The van der Waals surface area contributed by atoms with Gasteiger partial charge in [-0.3, -0.25) is 0 Å². The minimum absolute atomic E-state index is 0.807. The lowest BCUT2D eigenvalue weighted by Gasteiger charge is -2.04. The highest BCUT2D eigenvalue weighted by Gasteiger charge is 1.91. The van der Waals surface area contributed by atoms with Crippen LogP contribution in [0.2, 0.25) is 0 Å². The lowest BCUT2D eigenvalue weighted by atomic mass is 10.2. The first kappa shape index (κ1) is 12.2. The lowest BCUT2D eigenvalue weighted by Crippen LogP contribution is -1.97. The highest BCUT2D eigenvalue weighted by atomic mass is 16.5. The molecule has 0 aromatic heterocycles. The predicted octanol–water partition coefficient (Wildman–Crippen LogP) is 3.82. The Labute approximate surface area is 108 Å². The van der Waals surface area contributed by atoms with Crippen molar-refractivity contribution in [2.24, 2.45) is 0 Å². The molecule has 2 aromatic rings. The van der Waals surface area contributed by atoms with Crippen LogP contribution in [0.3, 0.4) is 0 Å². The molecular formula is C16H17NO. The Morgan fingerprint density at radius 1 is 1.00 bits per heavy atom. The van der Waals surface area contributed by atoms with E-state index < -0.39 is 0 Å². The van der Waals surface area contributed by atoms with Gasteiger partial charge in [-0.15, -0.1) is 0 Å². The predicted molar refractivity (Wildman–Crippen MR) is 77.0 cm³/mol. The van der Waals surface area contributed by atoms with Gasteiger partial charge in [0.2, 0.25) is 0 Å². The van der Waals surface area contributed by atoms with Crippen molar-refractivity contribution >= 4 is 11.8 Å². The number of hydrogen-bond donors (Lipinski definition) is 1. The van der Waals surface area contributed by atoms with E-state index in [-0.39, 0.29) is 0 Å². The van der Waals surface area contributed by atoms with Crippen LogP contribution in [0.5, 0.6) is 5.75 Å². The average Bonchev–Trinajstić information content (AvgIpc) is 2.45. The van der Waals surface area contributed by atoms with Gasteiger partial charge in [-0.05, 0) is 29.8 Å². The topological polar surface area (TPSA) is 21.3 Å². The van der Waals surface area contributed by atoms with Crippen molar-refractivity contribution < 1.29 is 4.74 Å². The van der Waals surface area contributed by atoms with E-state index in [0.29, 0.717) is 0 Å². The maximum absolute atomic E-state index is 5.11. The van der Waals surface area contributed by atoms with Gasteiger partial charge in [-0.2, -0.15) is 0 Å². The van der Waals surface area contributed by atoms with Crippen LogP contribution in [0.1, 0.15) is 5.56 Å². The minimum Gasteiger partial charge on any atom is -0.497 e. The minimum atomic E-state index is 0.807. The van der Waals surface area contributed by atoms with Crippen LogP contribution in [0.4, 0.5) is 5.69 Å². The maximum Gasteiger partial charge on any atom is 0.119 e. The summed E-state index contributed by atoms with van der Waals surface area (Å²) >= 11 is 0. The molecule has 18 heavy (non-hydrogen) atoms. The molecule has 2 heteroatoms. The second kappa shape index (κ2) is 6.50. The highest BCUT2D eigenvalue weighted by molar-refractivity contribution is 5.51. The molecule has 0 fully saturated rings. The second-order valence-corrected chi connectivity index (χ2v) is 3.92. The largest absolute Gasteiger partial charge is 0.497 e. The van der Waals surface area contributed by atoms with Crippen molar-refractivity contribution in [3.63, 3.8) is 0 Å². The van der Waals surface area contributed by atoms with Crippen molar-refractivity contribution in [1.82, 2.24) is 0 Å². The fraction of sp³-hybridized carbons (Fsp3) is 0.125. The number of nitrogens with one attached hydrogen (secondary N) is 1. The molecule has 0 amide bonds. The molecule has 0 saturated heterocycles. The molecule has 2 rings (SSSR count). The molecule has 0 heterocycles. The molecule has 0 aliphatic carbocycles. The van der Waals surface area contributed by atoms with Crippen LogP contribution in [-0.2, 0) is 0 Å². The van der Waals surface area contributed by atoms with Crippen LogP contribution >= 0.6 is 0 Å². The van der Waals surface area contributed by atoms with Crippen molar-refractivity contribution in [2.75, 3.05) is 19.0 Å². The van der Waals surface area contributed by atoms with Crippen molar-refractivity contribution in [2.45, 2.75) is 0 Å². The Balaban J connectivity index is 1.83. The third-order valence-electron chi connectivity index (χ3n) is 2.62. The van der Waals surface area contributed by atoms with Gasteiger partial charge in [-0.1, -0.05) is 42.5 Å². The monoisotopic (exact) mass is 239 g/mol. The molecule has 0 atom stereocenters. The fourth-order valence-electron chi connectivity index (χ4n) is 1.64. The van der Waals surface area contributed by atoms with Gasteiger partial charge in [0.05, 0.1) is 7.11 Å². The van der Waals surface area contributed by atoms with Gasteiger partial charge >= 0.3 is 0 Å². The fourth-order valence-corrected chi connectivity index (χ4v) is 1.64. The SMILES string of the molecule is COc1ccc(NCC=Cc2ccccc2)cc1. The Morgan fingerprint density at radius 3 is 2.39 bits per heavy atom. The zero-order valence-electron chi connectivity index (χ0n) is 10.5. The van der Waals surface area contributed by atoms with E-state index in [2.05, 4.69) is 29.6 Å². The maximum atomic E-state index is 5.11. The summed E-state index contributed by atoms with van der Waals surface area (Å²) in [5.74, 6) is 0.875. The summed E-state index contributed by atoms with van der Waals surface area (Å²) < 4.78 is 5.11. The summed E-state index contributed by atoms with van der Waals surface area (Å²) in [6, 6.07) is 18.2.